The van der Waals surface area contributed by atoms with Gasteiger partial charge in [0.15, 0.2) is 11.5 Å². The number of amides is 1. The van der Waals surface area contributed by atoms with Crippen molar-refractivity contribution in [3.8, 4) is 5.75 Å². The molecule has 1 aliphatic rings. The first-order valence-electron chi connectivity index (χ1n) is 7.76. The average molecular weight is 348 g/mol. The van der Waals surface area contributed by atoms with E-state index in [1.165, 1.54) is 8.61 Å². The molecule has 8 heteroatoms. The molecule has 0 radical (unpaired) electrons. The highest BCUT2D eigenvalue weighted by Crippen LogP contribution is 2.27. The van der Waals surface area contributed by atoms with Crippen LogP contribution in [-0.4, -0.2) is 44.2 Å². The maximum atomic E-state index is 12.6. The SMILES string of the molecule is CN1c2ncn(C)c2C(=O)N(CCCCOc2ccccc2)S1=O. The number of nitrogens with zero attached hydrogens (tertiary/aromatic N) is 4. The Bertz CT molecular complexity index is 747. The first-order chi connectivity index (χ1) is 11.6. The number of anilines is 1. The Hall–Kier alpha value is -2.35. The van der Waals surface area contributed by atoms with Crippen LogP contribution in [0.4, 0.5) is 5.82 Å². The van der Waals surface area contributed by atoms with Crippen molar-refractivity contribution in [1.29, 1.82) is 0 Å². The molecule has 0 bridgehead atoms. The molecule has 0 saturated heterocycles. The third-order valence-electron chi connectivity index (χ3n) is 3.84. The number of imidazole rings is 1. The number of para-hydroxylation sites is 1. The number of rotatable bonds is 6. The molecule has 3 rings (SSSR count). The van der Waals surface area contributed by atoms with Crippen LogP contribution in [-0.2, 0) is 18.2 Å². The normalized spacial score (nSPS) is 17.1. The van der Waals surface area contributed by atoms with Gasteiger partial charge in [0, 0.05) is 20.6 Å². The summed E-state index contributed by atoms with van der Waals surface area (Å²) < 4.78 is 22.7. The van der Waals surface area contributed by atoms with Gasteiger partial charge in [0.05, 0.1) is 12.9 Å². The summed E-state index contributed by atoms with van der Waals surface area (Å²) in [5.41, 5.74) is 0.470. The highest BCUT2D eigenvalue weighted by Gasteiger charge is 2.36. The van der Waals surface area contributed by atoms with Crippen LogP contribution in [0.25, 0.3) is 0 Å². The van der Waals surface area contributed by atoms with Crippen LogP contribution in [0.2, 0.25) is 0 Å². The lowest BCUT2D eigenvalue weighted by molar-refractivity contribution is 0.0852. The van der Waals surface area contributed by atoms with E-state index in [1.54, 1.807) is 25.0 Å². The molecule has 24 heavy (non-hydrogen) atoms. The fourth-order valence-corrected chi connectivity index (χ4v) is 3.64. The number of hydrogen-bond acceptors (Lipinski definition) is 4. The second-order valence-electron chi connectivity index (χ2n) is 5.53. The molecule has 7 nitrogen and oxygen atoms in total. The minimum Gasteiger partial charge on any atom is -0.494 e. The van der Waals surface area contributed by atoms with E-state index in [0.29, 0.717) is 31.1 Å². The van der Waals surface area contributed by atoms with E-state index >= 15 is 0 Å². The molecule has 0 aliphatic carbocycles. The lowest BCUT2D eigenvalue weighted by atomic mass is 10.3. The van der Waals surface area contributed by atoms with Crippen molar-refractivity contribution in [1.82, 2.24) is 13.9 Å². The van der Waals surface area contributed by atoms with Gasteiger partial charge < -0.3 is 9.30 Å². The summed E-state index contributed by atoms with van der Waals surface area (Å²) >= 11 is -1.54. The Balaban J connectivity index is 1.55. The number of aromatic nitrogens is 2. The van der Waals surface area contributed by atoms with Crippen LogP contribution in [0.5, 0.6) is 5.75 Å². The molecular weight excluding hydrogens is 328 g/mol. The van der Waals surface area contributed by atoms with E-state index in [-0.39, 0.29) is 5.91 Å². The minimum atomic E-state index is -1.54. The molecule has 1 aromatic carbocycles. The number of fused-ring (bicyclic) bond motifs is 1. The van der Waals surface area contributed by atoms with Crippen molar-refractivity contribution in [3.05, 3.63) is 42.4 Å². The predicted molar refractivity (Wildman–Crippen MR) is 92.0 cm³/mol. The van der Waals surface area contributed by atoms with Crippen LogP contribution in [0, 0.1) is 0 Å². The van der Waals surface area contributed by atoms with Gasteiger partial charge in [-0.15, -0.1) is 0 Å². The lowest BCUT2D eigenvalue weighted by Crippen LogP contribution is -2.46. The molecule has 2 heterocycles. The zero-order chi connectivity index (χ0) is 17.1. The number of unbranched alkanes of at least 4 members (excludes halogenated alkanes) is 1. The number of carbonyl (C=O) groups is 1. The Morgan fingerprint density at radius 2 is 1.92 bits per heavy atom. The Labute approximate surface area is 143 Å². The highest BCUT2D eigenvalue weighted by atomic mass is 32.2. The van der Waals surface area contributed by atoms with Crippen LogP contribution in [0.3, 0.4) is 0 Å². The highest BCUT2D eigenvalue weighted by molar-refractivity contribution is 7.84. The van der Waals surface area contributed by atoms with Gasteiger partial charge in [0.2, 0.25) is 11.2 Å². The molecule has 0 spiro atoms. The summed E-state index contributed by atoms with van der Waals surface area (Å²) in [6.45, 7) is 0.976. The predicted octanol–water partition coefficient (Wildman–Crippen LogP) is 1.75. The zero-order valence-corrected chi connectivity index (χ0v) is 14.5. The quantitative estimate of drug-likeness (QED) is 0.746. The van der Waals surface area contributed by atoms with Gasteiger partial charge in [0.1, 0.15) is 5.75 Å². The van der Waals surface area contributed by atoms with E-state index in [9.17, 15) is 9.00 Å². The molecule has 1 amide bonds. The topological polar surface area (TPSA) is 67.7 Å². The molecule has 0 fully saturated rings. The summed E-state index contributed by atoms with van der Waals surface area (Å²) in [7, 11) is 3.44. The molecule has 0 saturated carbocycles. The Morgan fingerprint density at radius 3 is 2.67 bits per heavy atom. The van der Waals surface area contributed by atoms with Crippen LogP contribution in [0.1, 0.15) is 23.3 Å². The van der Waals surface area contributed by atoms with E-state index in [0.717, 1.165) is 12.2 Å². The number of benzene rings is 1. The summed E-state index contributed by atoms with van der Waals surface area (Å²) in [6.07, 6.45) is 3.05. The summed E-state index contributed by atoms with van der Waals surface area (Å²) in [6, 6.07) is 9.59. The summed E-state index contributed by atoms with van der Waals surface area (Å²) in [5.74, 6) is 1.05. The average Bonchev–Trinajstić information content (AvgIpc) is 2.98. The third kappa shape index (κ3) is 3.14. The van der Waals surface area contributed by atoms with Crippen molar-refractivity contribution >= 4 is 22.9 Å². The summed E-state index contributed by atoms with van der Waals surface area (Å²) in [5, 5.41) is 0. The van der Waals surface area contributed by atoms with E-state index < -0.39 is 11.2 Å². The lowest BCUT2D eigenvalue weighted by Gasteiger charge is -2.31. The van der Waals surface area contributed by atoms with E-state index in [4.69, 9.17) is 4.74 Å². The molecule has 1 aliphatic heterocycles. The van der Waals surface area contributed by atoms with Crippen molar-refractivity contribution in [2.24, 2.45) is 7.05 Å². The molecule has 128 valence electrons. The first kappa shape index (κ1) is 16.5. The maximum Gasteiger partial charge on any atom is 0.287 e. The van der Waals surface area contributed by atoms with Gasteiger partial charge in [-0.1, -0.05) is 18.2 Å². The minimum absolute atomic E-state index is 0.245. The van der Waals surface area contributed by atoms with Gasteiger partial charge in [-0.3, -0.25) is 9.10 Å². The second-order valence-corrected chi connectivity index (χ2v) is 6.98. The zero-order valence-electron chi connectivity index (χ0n) is 13.7. The molecule has 2 aromatic rings. The largest absolute Gasteiger partial charge is 0.494 e. The van der Waals surface area contributed by atoms with E-state index in [2.05, 4.69) is 4.98 Å². The number of carbonyl (C=O) groups excluding carboxylic acids is 1. The number of hydrogen-bond donors (Lipinski definition) is 0. The van der Waals surface area contributed by atoms with Gasteiger partial charge in [0.25, 0.3) is 5.91 Å². The van der Waals surface area contributed by atoms with Gasteiger partial charge >= 0.3 is 0 Å². The van der Waals surface area contributed by atoms with Crippen LogP contribution < -0.4 is 9.04 Å². The monoisotopic (exact) mass is 348 g/mol. The molecule has 1 aromatic heterocycles. The summed E-state index contributed by atoms with van der Waals surface area (Å²) in [4.78, 5) is 16.7. The molecule has 0 N–H and O–H groups in total. The molecule has 1 unspecified atom stereocenters. The van der Waals surface area contributed by atoms with Gasteiger partial charge in [-0.25, -0.2) is 13.5 Å². The van der Waals surface area contributed by atoms with Crippen LogP contribution in [0.15, 0.2) is 36.7 Å². The fraction of sp³-hybridized carbons (Fsp3) is 0.375. The molecule has 1 atom stereocenters. The maximum absolute atomic E-state index is 12.6. The first-order valence-corrected chi connectivity index (χ1v) is 8.82. The van der Waals surface area contributed by atoms with Crippen molar-refractivity contribution in [2.75, 3.05) is 24.5 Å². The standard InChI is InChI=1S/C16H20N4O3S/c1-18-12-17-15-14(18)16(21)20(24(22)19(15)2)10-6-7-11-23-13-8-4-3-5-9-13/h3-5,8-9,12H,6-7,10-11H2,1-2H3. The fourth-order valence-electron chi connectivity index (χ4n) is 2.55. The Morgan fingerprint density at radius 1 is 1.17 bits per heavy atom. The molecular formula is C16H20N4O3S. The smallest absolute Gasteiger partial charge is 0.287 e. The van der Waals surface area contributed by atoms with Crippen LogP contribution >= 0.6 is 0 Å². The van der Waals surface area contributed by atoms with Gasteiger partial charge in [-0.2, -0.15) is 0 Å². The van der Waals surface area contributed by atoms with Crippen molar-refractivity contribution < 1.29 is 13.7 Å². The Kier molecular flexibility index (Phi) is 4.84. The third-order valence-corrected chi connectivity index (χ3v) is 5.20. The van der Waals surface area contributed by atoms with Crippen molar-refractivity contribution in [2.45, 2.75) is 12.8 Å². The number of ether oxygens (including phenoxy) is 1. The van der Waals surface area contributed by atoms with Crippen molar-refractivity contribution in [3.63, 3.8) is 0 Å². The van der Waals surface area contributed by atoms with E-state index in [1.807, 2.05) is 30.3 Å². The second kappa shape index (κ2) is 7.04. The van der Waals surface area contributed by atoms with Gasteiger partial charge in [-0.05, 0) is 25.0 Å². The number of aryl methyl sites for hydroxylation is 1.